The summed E-state index contributed by atoms with van der Waals surface area (Å²) in [5.41, 5.74) is 0. The highest BCUT2D eigenvalue weighted by Gasteiger charge is 2.12. The topological polar surface area (TPSA) is 71.1 Å². The molecule has 0 aliphatic heterocycles. The predicted octanol–water partition coefficient (Wildman–Crippen LogP) is 1.49. The van der Waals surface area contributed by atoms with Gasteiger partial charge < -0.3 is 18.9 Å². The Labute approximate surface area is 133 Å². The Morgan fingerprint density at radius 1 is 0.950 bits per heavy atom. The monoisotopic (exact) mass is 394 g/mol. The molecule has 0 aliphatic rings. The molecule has 0 radical (unpaired) electrons. The van der Waals surface area contributed by atoms with Crippen LogP contribution < -0.4 is 0 Å². The molecule has 122 valence electrons. The lowest BCUT2D eigenvalue weighted by atomic mass is 10.7. The molecule has 0 bridgehead atoms. The van der Waals surface area contributed by atoms with Crippen LogP contribution >= 0.6 is 26.7 Å². The molecule has 0 heterocycles. The fraction of sp³-hybridized carbons (Fsp3) is 1.00. The van der Waals surface area contributed by atoms with Crippen LogP contribution in [0.2, 0.25) is 0 Å². The van der Waals surface area contributed by atoms with Crippen LogP contribution in [0, 0.1) is 0 Å². The number of ether oxygens (including phenoxy) is 4. The second-order valence-electron chi connectivity index (χ2n) is 3.71. The molecule has 0 N–H and O–H groups in total. The van der Waals surface area contributed by atoms with Gasteiger partial charge in [0.15, 0.2) is 8.87 Å². The van der Waals surface area contributed by atoms with E-state index >= 15 is 0 Å². The summed E-state index contributed by atoms with van der Waals surface area (Å²) in [5.74, 6) is 0. The summed E-state index contributed by atoms with van der Waals surface area (Å²) < 4.78 is 42.6. The molecule has 0 aliphatic carbocycles. The van der Waals surface area contributed by atoms with Crippen LogP contribution in [0.5, 0.6) is 0 Å². The number of hydrogen-bond acceptors (Lipinski definition) is 7. The molecule has 0 saturated carbocycles. The van der Waals surface area contributed by atoms with Crippen molar-refractivity contribution in [3.05, 3.63) is 0 Å². The Morgan fingerprint density at radius 2 is 1.40 bits per heavy atom. The molecule has 0 fully saturated rings. The first kappa shape index (κ1) is 20.6. The lowest BCUT2D eigenvalue weighted by Gasteiger charge is -2.09. The highest BCUT2D eigenvalue weighted by atomic mass is 79.9. The zero-order chi connectivity index (χ0) is 15.3. The molecule has 0 aromatic carbocycles. The largest absolute Gasteiger partial charge is 0.379 e. The van der Waals surface area contributed by atoms with Gasteiger partial charge in [0.05, 0.1) is 50.4 Å². The average molecular weight is 395 g/mol. The minimum absolute atomic E-state index is 0.264. The summed E-state index contributed by atoms with van der Waals surface area (Å²) in [6, 6.07) is 0. The van der Waals surface area contributed by atoms with E-state index in [0.29, 0.717) is 52.9 Å². The van der Waals surface area contributed by atoms with E-state index in [1.165, 1.54) is 6.26 Å². The third kappa shape index (κ3) is 16.7. The van der Waals surface area contributed by atoms with Gasteiger partial charge in [-0.2, -0.15) is 0 Å². The fourth-order valence-electron chi connectivity index (χ4n) is 1.10. The normalized spacial score (nSPS) is 13.6. The van der Waals surface area contributed by atoms with Crippen molar-refractivity contribution in [1.29, 1.82) is 0 Å². The van der Waals surface area contributed by atoms with Crippen LogP contribution in [0.25, 0.3) is 0 Å². The Bertz CT molecular complexity index is 312. The molecule has 1 atom stereocenters. The predicted molar refractivity (Wildman–Crippen MR) is 84.1 cm³/mol. The molecule has 20 heavy (non-hydrogen) atoms. The van der Waals surface area contributed by atoms with E-state index in [1.54, 1.807) is 0 Å². The van der Waals surface area contributed by atoms with Gasteiger partial charge in [-0.05, 0) is 17.7 Å². The van der Waals surface area contributed by atoms with E-state index < -0.39 is 8.87 Å². The molecule has 0 aromatic heterocycles. The number of hydrogen-bond donors (Lipinski definition) is 0. The lowest BCUT2D eigenvalue weighted by molar-refractivity contribution is 0.000883. The highest BCUT2D eigenvalue weighted by Crippen LogP contribution is 2.22. The first-order valence-electron chi connectivity index (χ1n) is 6.29. The fourth-order valence-corrected chi connectivity index (χ4v) is 5.61. The smallest absolute Gasteiger partial charge is 0.199 e. The maximum atomic E-state index is 11.0. The molecule has 0 spiro atoms. The Balaban J connectivity index is 3.20. The first-order chi connectivity index (χ1) is 9.45. The molecule has 6 nitrogen and oxygen atoms in total. The van der Waals surface area contributed by atoms with Crippen molar-refractivity contribution in [1.82, 2.24) is 0 Å². The van der Waals surface area contributed by atoms with Crippen LogP contribution in [0.4, 0.5) is 0 Å². The van der Waals surface area contributed by atoms with E-state index in [1.807, 2.05) is 6.92 Å². The summed E-state index contributed by atoms with van der Waals surface area (Å²) in [6.45, 7) is 6.03. The van der Waals surface area contributed by atoms with Gasteiger partial charge in [0.1, 0.15) is 0 Å². The molecule has 0 saturated heterocycles. The standard InChI is InChI=1S/C11H23BrO6S2/c1-3-15-4-5-16-6-7-17-8-9-18-10-11(12)19-20(2,13)14/h11H,3-10H2,1-2H3. The SMILES string of the molecule is CCOCCOCCOCCOCC(Br)SS(C)(=O)=O. The summed E-state index contributed by atoms with van der Waals surface area (Å²) >= 11 is 3.22. The maximum absolute atomic E-state index is 11.0. The van der Waals surface area contributed by atoms with Crippen molar-refractivity contribution in [3.8, 4) is 0 Å². The zero-order valence-corrected chi connectivity index (χ0v) is 15.1. The van der Waals surface area contributed by atoms with E-state index in [-0.39, 0.29) is 4.16 Å². The second-order valence-corrected chi connectivity index (χ2v) is 9.98. The summed E-state index contributed by atoms with van der Waals surface area (Å²) in [5, 5.41) is 0. The molecular weight excluding hydrogens is 372 g/mol. The second kappa shape index (κ2) is 13.3. The van der Waals surface area contributed by atoms with Crippen LogP contribution in [0.3, 0.4) is 0 Å². The summed E-state index contributed by atoms with van der Waals surface area (Å²) in [7, 11) is -2.23. The molecule has 9 heteroatoms. The van der Waals surface area contributed by atoms with Gasteiger partial charge >= 0.3 is 0 Å². The van der Waals surface area contributed by atoms with Gasteiger partial charge in [0.2, 0.25) is 0 Å². The van der Waals surface area contributed by atoms with Crippen LogP contribution in [-0.4, -0.2) is 71.7 Å². The Morgan fingerprint density at radius 3 is 1.85 bits per heavy atom. The van der Waals surface area contributed by atoms with E-state index in [9.17, 15) is 8.42 Å². The van der Waals surface area contributed by atoms with Crippen molar-refractivity contribution >= 4 is 35.6 Å². The molecular formula is C11H23BrO6S2. The maximum Gasteiger partial charge on any atom is 0.199 e. The van der Waals surface area contributed by atoms with Crippen molar-refractivity contribution in [2.75, 3.05) is 59.1 Å². The Kier molecular flexibility index (Phi) is 13.7. The van der Waals surface area contributed by atoms with Crippen molar-refractivity contribution in [3.63, 3.8) is 0 Å². The molecule has 1 unspecified atom stereocenters. The van der Waals surface area contributed by atoms with Gasteiger partial charge in [-0.25, -0.2) is 8.42 Å². The zero-order valence-electron chi connectivity index (χ0n) is 11.9. The van der Waals surface area contributed by atoms with E-state index in [4.69, 9.17) is 18.9 Å². The van der Waals surface area contributed by atoms with Gasteiger partial charge in [0.25, 0.3) is 0 Å². The average Bonchev–Trinajstić information content (AvgIpc) is 2.34. The molecule has 0 amide bonds. The number of halogens is 1. The summed E-state index contributed by atoms with van der Waals surface area (Å²) in [6.07, 6.45) is 1.17. The van der Waals surface area contributed by atoms with E-state index in [2.05, 4.69) is 15.9 Å². The van der Waals surface area contributed by atoms with Crippen molar-refractivity contribution in [2.45, 2.75) is 11.1 Å². The van der Waals surface area contributed by atoms with Gasteiger partial charge in [-0.1, -0.05) is 15.9 Å². The summed E-state index contributed by atoms with van der Waals surface area (Å²) in [4.78, 5) is 0. The van der Waals surface area contributed by atoms with E-state index in [0.717, 1.165) is 10.8 Å². The molecule has 0 aromatic rings. The number of alkyl halides is 1. The third-order valence-electron chi connectivity index (χ3n) is 1.85. The van der Waals surface area contributed by atoms with Gasteiger partial charge in [-0.15, -0.1) is 0 Å². The van der Waals surface area contributed by atoms with Gasteiger partial charge in [-0.3, -0.25) is 0 Å². The van der Waals surface area contributed by atoms with Gasteiger partial charge in [0, 0.05) is 12.9 Å². The minimum atomic E-state index is -3.06. The first-order valence-corrected chi connectivity index (χ1v) is 10.5. The third-order valence-corrected chi connectivity index (χ3v) is 5.86. The number of rotatable bonds is 14. The van der Waals surface area contributed by atoms with Crippen molar-refractivity contribution in [2.24, 2.45) is 0 Å². The molecule has 0 rings (SSSR count). The van der Waals surface area contributed by atoms with Crippen LogP contribution in [0.1, 0.15) is 6.92 Å². The van der Waals surface area contributed by atoms with Crippen molar-refractivity contribution < 1.29 is 27.4 Å². The Hall–Kier alpha value is 0.620. The quantitative estimate of drug-likeness (QED) is 0.251. The van der Waals surface area contributed by atoms with Crippen LogP contribution in [0.15, 0.2) is 0 Å². The lowest BCUT2D eigenvalue weighted by Crippen LogP contribution is -2.14. The minimum Gasteiger partial charge on any atom is -0.379 e. The van der Waals surface area contributed by atoms with Crippen LogP contribution in [-0.2, 0) is 27.8 Å². The highest BCUT2D eigenvalue weighted by molar-refractivity contribution is 9.13.